The second kappa shape index (κ2) is 8.88. The van der Waals surface area contributed by atoms with Crippen molar-refractivity contribution >= 4 is 35.2 Å². The lowest BCUT2D eigenvalue weighted by Crippen LogP contribution is -2.10. The smallest absolute Gasteiger partial charge is 0.341 e. The molecule has 0 aliphatic carbocycles. The fraction of sp³-hybridized carbons (Fsp3) is 0.286. The Morgan fingerprint density at radius 1 is 1.24 bits per heavy atom. The van der Waals surface area contributed by atoms with Crippen molar-refractivity contribution in [1.82, 2.24) is 14.8 Å². The zero-order valence-corrected chi connectivity index (χ0v) is 18.3. The Labute approximate surface area is 179 Å². The predicted octanol–water partition coefficient (Wildman–Crippen LogP) is 5.51. The molecule has 1 aromatic carbocycles. The molecule has 0 amide bonds. The monoisotopic (exact) mass is 430 g/mol. The van der Waals surface area contributed by atoms with Gasteiger partial charge in [-0.2, -0.15) is 5.10 Å². The van der Waals surface area contributed by atoms with Crippen LogP contribution in [0.4, 0.5) is 5.69 Å². The van der Waals surface area contributed by atoms with Gasteiger partial charge in [0.2, 0.25) is 0 Å². The van der Waals surface area contributed by atoms with Crippen molar-refractivity contribution in [3.8, 4) is 5.82 Å². The maximum Gasteiger partial charge on any atom is 0.341 e. The summed E-state index contributed by atoms with van der Waals surface area (Å²) in [6.07, 6.45) is 4.58. The number of carbonyl (C=O) groups is 1. The minimum Gasteiger partial charge on any atom is -0.462 e. The molecule has 0 saturated carbocycles. The molecular weight excluding hydrogens is 408 g/mol. The SMILES string of the molecule is CCOC(=O)c1cnn(-c2ncc(Cl)cc2NSc2ccc(C(C)(C)C)cc2)c1. The maximum absolute atomic E-state index is 11.9. The number of benzene rings is 1. The number of carbonyl (C=O) groups excluding carboxylic acids is 1. The molecule has 152 valence electrons. The molecule has 0 spiro atoms. The predicted molar refractivity (Wildman–Crippen MR) is 117 cm³/mol. The van der Waals surface area contributed by atoms with Crippen LogP contribution >= 0.6 is 23.5 Å². The molecule has 0 aliphatic rings. The molecule has 0 bridgehead atoms. The van der Waals surface area contributed by atoms with Gasteiger partial charge in [-0.3, -0.25) is 0 Å². The largest absolute Gasteiger partial charge is 0.462 e. The Kier molecular flexibility index (Phi) is 6.49. The van der Waals surface area contributed by atoms with E-state index in [9.17, 15) is 4.79 Å². The molecule has 8 heteroatoms. The molecule has 0 unspecified atom stereocenters. The molecule has 1 N–H and O–H groups in total. The lowest BCUT2D eigenvalue weighted by molar-refractivity contribution is 0.0526. The molecule has 2 heterocycles. The molecule has 2 aromatic heterocycles. The number of hydrogen-bond acceptors (Lipinski definition) is 6. The number of halogens is 1. The first kappa shape index (κ1) is 21.2. The number of aromatic nitrogens is 3. The first-order chi connectivity index (χ1) is 13.8. The third-order valence-corrected chi connectivity index (χ3v) is 5.18. The van der Waals surface area contributed by atoms with E-state index in [0.717, 1.165) is 4.90 Å². The van der Waals surface area contributed by atoms with E-state index in [2.05, 4.69) is 59.8 Å². The number of anilines is 1. The summed E-state index contributed by atoms with van der Waals surface area (Å²) >= 11 is 7.59. The fourth-order valence-electron chi connectivity index (χ4n) is 2.59. The van der Waals surface area contributed by atoms with E-state index in [1.54, 1.807) is 19.2 Å². The first-order valence-electron chi connectivity index (χ1n) is 9.19. The van der Waals surface area contributed by atoms with Crippen molar-refractivity contribution in [2.75, 3.05) is 11.3 Å². The summed E-state index contributed by atoms with van der Waals surface area (Å²) in [5.41, 5.74) is 2.42. The van der Waals surface area contributed by atoms with Crippen molar-refractivity contribution in [3.05, 3.63) is 65.1 Å². The van der Waals surface area contributed by atoms with Crippen LogP contribution in [0.15, 0.2) is 53.8 Å². The molecule has 0 radical (unpaired) electrons. The fourth-order valence-corrected chi connectivity index (χ4v) is 3.39. The second-order valence-electron chi connectivity index (χ2n) is 7.40. The van der Waals surface area contributed by atoms with Crippen molar-refractivity contribution in [2.24, 2.45) is 0 Å². The van der Waals surface area contributed by atoms with Gasteiger partial charge >= 0.3 is 5.97 Å². The number of ether oxygens (including phenoxy) is 1. The van der Waals surface area contributed by atoms with E-state index in [1.165, 1.54) is 34.6 Å². The minimum atomic E-state index is -0.421. The molecule has 3 aromatic rings. The number of hydrogen-bond donors (Lipinski definition) is 1. The zero-order chi connectivity index (χ0) is 21.0. The van der Waals surface area contributed by atoms with E-state index >= 15 is 0 Å². The van der Waals surface area contributed by atoms with E-state index < -0.39 is 5.97 Å². The average molecular weight is 431 g/mol. The van der Waals surface area contributed by atoms with Crippen molar-refractivity contribution in [3.63, 3.8) is 0 Å². The molecule has 29 heavy (non-hydrogen) atoms. The quantitative estimate of drug-likeness (QED) is 0.410. The van der Waals surface area contributed by atoms with Crippen molar-refractivity contribution in [2.45, 2.75) is 38.0 Å². The van der Waals surface area contributed by atoms with E-state index in [-0.39, 0.29) is 5.41 Å². The Bertz CT molecular complexity index is 997. The van der Waals surface area contributed by atoms with Crippen molar-refractivity contribution < 1.29 is 9.53 Å². The Morgan fingerprint density at radius 2 is 1.97 bits per heavy atom. The van der Waals surface area contributed by atoms with Gasteiger partial charge in [0.25, 0.3) is 0 Å². The number of rotatable bonds is 6. The maximum atomic E-state index is 11.9. The highest BCUT2D eigenvalue weighted by Crippen LogP contribution is 2.29. The van der Waals surface area contributed by atoms with E-state index in [1.807, 2.05) is 0 Å². The van der Waals surface area contributed by atoms with Gasteiger partial charge in [0, 0.05) is 17.3 Å². The average Bonchev–Trinajstić information content (AvgIpc) is 3.16. The first-order valence-corrected chi connectivity index (χ1v) is 10.4. The lowest BCUT2D eigenvalue weighted by Gasteiger charge is -2.19. The van der Waals surface area contributed by atoms with Crippen LogP contribution in [0.25, 0.3) is 5.82 Å². The summed E-state index contributed by atoms with van der Waals surface area (Å²) in [6.45, 7) is 8.63. The molecule has 0 atom stereocenters. The number of nitrogens with one attached hydrogen (secondary N) is 1. The van der Waals surface area contributed by atoms with Gasteiger partial charge in [-0.15, -0.1) is 0 Å². The summed E-state index contributed by atoms with van der Waals surface area (Å²) in [6, 6.07) is 10.2. The summed E-state index contributed by atoms with van der Waals surface area (Å²) in [5.74, 6) is 0.110. The molecule has 0 saturated heterocycles. The molecule has 0 fully saturated rings. The Morgan fingerprint density at radius 3 is 2.62 bits per heavy atom. The number of nitrogens with zero attached hydrogens (tertiary/aromatic N) is 3. The van der Waals surface area contributed by atoms with Crippen LogP contribution in [0.1, 0.15) is 43.6 Å². The Balaban J connectivity index is 1.80. The highest BCUT2D eigenvalue weighted by molar-refractivity contribution is 8.00. The molecule has 3 rings (SSSR count). The summed E-state index contributed by atoms with van der Waals surface area (Å²) in [7, 11) is 0. The van der Waals surface area contributed by atoms with Crippen LogP contribution in [0.3, 0.4) is 0 Å². The number of pyridine rings is 1. The summed E-state index contributed by atoms with van der Waals surface area (Å²) < 4.78 is 9.82. The highest BCUT2D eigenvalue weighted by Gasteiger charge is 2.15. The van der Waals surface area contributed by atoms with Gasteiger partial charge in [0.1, 0.15) is 0 Å². The van der Waals surface area contributed by atoms with E-state index in [0.29, 0.717) is 28.7 Å². The molecule has 6 nitrogen and oxygen atoms in total. The Hall–Kier alpha value is -2.51. The van der Waals surface area contributed by atoms with Gasteiger partial charge in [0.15, 0.2) is 5.82 Å². The molecular formula is C21H23ClN4O2S. The van der Waals surface area contributed by atoms with Crippen LogP contribution in [-0.4, -0.2) is 27.3 Å². The third kappa shape index (κ3) is 5.31. The molecule has 0 aliphatic heterocycles. The normalized spacial score (nSPS) is 11.3. The van der Waals surface area contributed by atoms with Crippen LogP contribution in [0, 0.1) is 0 Å². The van der Waals surface area contributed by atoms with Crippen LogP contribution in [-0.2, 0) is 10.2 Å². The highest BCUT2D eigenvalue weighted by atomic mass is 35.5. The minimum absolute atomic E-state index is 0.109. The third-order valence-electron chi connectivity index (χ3n) is 4.14. The van der Waals surface area contributed by atoms with Gasteiger partial charge in [-0.25, -0.2) is 14.5 Å². The van der Waals surface area contributed by atoms with Crippen LogP contribution < -0.4 is 4.72 Å². The van der Waals surface area contributed by atoms with Gasteiger partial charge in [-0.1, -0.05) is 44.5 Å². The van der Waals surface area contributed by atoms with Gasteiger partial charge in [0.05, 0.1) is 29.1 Å². The zero-order valence-electron chi connectivity index (χ0n) is 16.8. The standard InChI is InChI=1S/C21H23ClN4O2S/c1-5-28-20(27)14-11-24-26(13-14)19-18(10-16(22)12-23-19)25-29-17-8-6-15(7-9-17)21(2,3)4/h6-13,25H,5H2,1-4H3. The van der Waals surface area contributed by atoms with Crippen LogP contribution in [0.5, 0.6) is 0 Å². The lowest BCUT2D eigenvalue weighted by atomic mass is 9.87. The second-order valence-corrected chi connectivity index (χ2v) is 8.71. The summed E-state index contributed by atoms with van der Waals surface area (Å²) in [5, 5.41) is 4.73. The van der Waals surface area contributed by atoms with Gasteiger partial charge in [-0.05, 0) is 48.0 Å². The topological polar surface area (TPSA) is 69.0 Å². The number of esters is 1. The van der Waals surface area contributed by atoms with Crippen molar-refractivity contribution in [1.29, 1.82) is 0 Å². The van der Waals surface area contributed by atoms with Gasteiger partial charge < -0.3 is 9.46 Å². The van der Waals surface area contributed by atoms with E-state index in [4.69, 9.17) is 16.3 Å². The van der Waals surface area contributed by atoms with Crippen LogP contribution in [0.2, 0.25) is 5.02 Å². The summed E-state index contributed by atoms with van der Waals surface area (Å²) in [4.78, 5) is 17.3.